The number of urea groups is 1. The second kappa shape index (κ2) is 8.37. The molecule has 1 N–H and O–H groups in total. The minimum Gasteiger partial charge on any atom is -0.332 e. The number of nitrogens with one attached hydrogen (secondary N) is 1. The van der Waals surface area contributed by atoms with Crippen molar-refractivity contribution in [2.45, 2.75) is 51.4 Å². The fourth-order valence-electron chi connectivity index (χ4n) is 4.80. The Morgan fingerprint density at radius 2 is 2.12 bits per heavy atom. The topological polar surface area (TPSA) is 84.2 Å². The second-order valence-corrected chi connectivity index (χ2v) is 9.34. The number of nitrogens with zero attached hydrogens (tertiary/aromatic N) is 4. The van der Waals surface area contributed by atoms with Gasteiger partial charge in [0.1, 0.15) is 5.69 Å². The van der Waals surface area contributed by atoms with Crippen LogP contribution in [0.4, 0.5) is 10.5 Å². The van der Waals surface area contributed by atoms with Crippen molar-refractivity contribution < 1.29 is 9.32 Å². The van der Waals surface area contributed by atoms with Crippen LogP contribution < -0.4 is 5.32 Å². The molecule has 1 unspecified atom stereocenters. The number of pyridine rings is 1. The van der Waals surface area contributed by atoms with Gasteiger partial charge in [-0.1, -0.05) is 41.8 Å². The van der Waals surface area contributed by atoms with Crippen LogP contribution in [0, 0.1) is 19.8 Å². The number of hydrogen-bond donors (Lipinski definition) is 1. The van der Waals surface area contributed by atoms with Gasteiger partial charge in [0.2, 0.25) is 0 Å². The van der Waals surface area contributed by atoms with E-state index in [1.165, 1.54) is 18.4 Å². The molecule has 1 aromatic carbocycles. The molecule has 3 aromatic rings. The third-order valence-electron chi connectivity index (χ3n) is 6.65. The van der Waals surface area contributed by atoms with E-state index in [2.05, 4.69) is 28.4 Å². The highest BCUT2D eigenvalue weighted by molar-refractivity contribution is 5.90. The number of likely N-dealkylation sites (tertiary alicyclic amines) is 1. The summed E-state index contributed by atoms with van der Waals surface area (Å²) in [5.74, 6) is 1.82. The largest absolute Gasteiger partial charge is 0.332 e. The Labute approximate surface area is 188 Å². The standard InChI is InChI=1S/C25H29N5O2/c1-17-7-10-20(18(2)14-17)27-24(31)30-13-5-11-25(16-30,15-19-8-9-19)23-28-22(32-29-23)21-6-3-4-12-26-21/h3-4,6-7,10,12,14,19H,5,8-9,11,13,15-16H2,1-2H3,(H,27,31). The third kappa shape index (κ3) is 4.24. The lowest BCUT2D eigenvalue weighted by molar-refractivity contribution is 0.143. The molecule has 1 atom stereocenters. The van der Waals surface area contributed by atoms with Gasteiger partial charge in [0.05, 0.1) is 5.41 Å². The second-order valence-electron chi connectivity index (χ2n) is 9.34. The van der Waals surface area contributed by atoms with E-state index in [1.807, 2.05) is 42.2 Å². The summed E-state index contributed by atoms with van der Waals surface area (Å²) >= 11 is 0. The molecule has 7 heteroatoms. The SMILES string of the molecule is Cc1ccc(NC(=O)N2CCCC(CC3CC3)(c3noc(-c4ccccn4)n3)C2)c(C)c1. The summed E-state index contributed by atoms with van der Waals surface area (Å²) in [5, 5.41) is 7.50. The van der Waals surface area contributed by atoms with Crippen LogP contribution in [0.2, 0.25) is 0 Å². The van der Waals surface area contributed by atoms with Crippen LogP contribution in [-0.4, -0.2) is 39.1 Å². The quantitative estimate of drug-likeness (QED) is 0.606. The highest BCUT2D eigenvalue weighted by Gasteiger charge is 2.46. The maximum Gasteiger partial charge on any atom is 0.321 e. The molecule has 3 heterocycles. The van der Waals surface area contributed by atoms with Gasteiger partial charge in [0.25, 0.3) is 5.89 Å². The van der Waals surface area contributed by atoms with E-state index in [0.717, 1.165) is 37.1 Å². The van der Waals surface area contributed by atoms with E-state index in [0.29, 0.717) is 29.9 Å². The molecule has 2 fully saturated rings. The lowest BCUT2D eigenvalue weighted by Gasteiger charge is -2.41. The zero-order valence-corrected chi connectivity index (χ0v) is 18.7. The number of aryl methyl sites for hydroxylation is 2. The van der Waals surface area contributed by atoms with Gasteiger partial charge in [-0.25, -0.2) is 4.79 Å². The number of aromatic nitrogens is 3. The van der Waals surface area contributed by atoms with Crippen LogP contribution in [-0.2, 0) is 5.41 Å². The zero-order chi connectivity index (χ0) is 22.1. The molecule has 32 heavy (non-hydrogen) atoms. The Morgan fingerprint density at radius 3 is 2.88 bits per heavy atom. The molecule has 2 aliphatic rings. The summed E-state index contributed by atoms with van der Waals surface area (Å²) in [6.07, 6.45) is 7.06. The summed E-state index contributed by atoms with van der Waals surface area (Å²) in [6.45, 7) is 5.41. The van der Waals surface area contributed by atoms with Crippen molar-refractivity contribution in [3.05, 3.63) is 59.5 Å². The average molecular weight is 432 g/mol. The molecule has 5 rings (SSSR count). The Kier molecular flexibility index (Phi) is 5.41. The van der Waals surface area contributed by atoms with Crippen molar-refractivity contribution in [1.29, 1.82) is 0 Å². The maximum atomic E-state index is 13.2. The number of carbonyl (C=O) groups excluding carboxylic acids is 1. The number of hydrogen-bond acceptors (Lipinski definition) is 5. The van der Waals surface area contributed by atoms with E-state index in [9.17, 15) is 4.79 Å². The van der Waals surface area contributed by atoms with Gasteiger partial charge in [0.15, 0.2) is 5.82 Å². The molecular formula is C25H29N5O2. The van der Waals surface area contributed by atoms with Crippen molar-refractivity contribution in [2.75, 3.05) is 18.4 Å². The van der Waals surface area contributed by atoms with Crippen molar-refractivity contribution in [2.24, 2.45) is 5.92 Å². The van der Waals surface area contributed by atoms with Crippen molar-refractivity contribution >= 4 is 11.7 Å². The Bertz CT molecular complexity index is 1110. The molecule has 1 saturated heterocycles. The molecule has 0 bridgehead atoms. The summed E-state index contributed by atoms with van der Waals surface area (Å²) < 4.78 is 5.61. The molecular weight excluding hydrogens is 402 g/mol. The molecule has 1 saturated carbocycles. The van der Waals surface area contributed by atoms with E-state index in [-0.39, 0.29) is 11.4 Å². The Hall–Kier alpha value is -3.22. The lowest BCUT2D eigenvalue weighted by Crippen LogP contribution is -2.50. The highest BCUT2D eigenvalue weighted by Crippen LogP contribution is 2.46. The number of anilines is 1. The summed E-state index contributed by atoms with van der Waals surface area (Å²) in [7, 11) is 0. The molecule has 0 radical (unpaired) electrons. The minimum absolute atomic E-state index is 0.0646. The van der Waals surface area contributed by atoms with Gasteiger partial charge in [0, 0.05) is 25.0 Å². The van der Waals surface area contributed by atoms with Crippen LogP contribution >= 0.6 is 0 Å². The lowest BCUT2D eigenvalue weighted by atomic mass is 9.75. The van der Waals surface area contributed by atoms with E-state index >= 15 is 0 Å². The normalized spacial score (nSPS) is 20.9. The summed E-state index contributed by atoms with van der Waals surface area (Å²) in [4.78, 5) is 24.2. The van der Waals surface area contributed by atoms with Gasteiger partial charge < -0.3 is 14.7 Å². The first-order valence-electron chi connectivity index (χ1n) is 11.4. The number of amides is 2. The molecule has 1 aliphatic carbocycles. The molecule has 1 aliphatic heterocycles. The monoisotopic (exact) mass is 431 g/mol. The molecule has 7 nitrogen and oxygen atoms in total. The first kappa shape index (κ1) is 20.7. The average Bonchev–Trinajstić information content (AvgIpc) is 3.46. The van der Waals surface area contributed by atoms with Crippen molar-refractivity contribution in [1.82, 2.24) is 20.0 Å². The van der Waals surface area contributed by atoms with Gasteiger partial charge in [-0.3, -0.25) is 4.98 Å². The summed E-state index contributed by atoms with van der Waals surface area (Å²) in [5.41, 5.74) is 3.50. The highest BCUT2D eigenvalue weighted by atomic mass is 16.5. The maximum absolute atomic E-state index is 13.2. The fourth-order valence-corrected chi connectivity index (χ4v) is 4.80. The van der Waals surface area contributed by atoms with Gasteiger partial charge in [-0.15, -0.1) is 0 Å². The first-order chi connectivity index (χ1) is 15.5. The predicted molar refractivity (Wildman–Crippen MR) is 122 cm³/mol. The van der Waals surface area contributed by atoms with Gasteiger partial charge in [-0.05, 0) is 62.8 Å². The molecule has 166 valence electrons. The van der Waals surface area contributed by atoms with Crippen molar-refractivity contribution in [3.63, 3.8) is 0 Å². The van der Waals surface area contributed by atoms with E-state index in [1.54, 1.807) is 6.20 Å². The smallest absolute Gasteiger partial charge is 0.321 e. The third-order valence-corrected chi connectivity index (χ3v) is 6.65. The van der Waals surface area contributed by atoms with Crippen LogP contribution in [0.25, 0.3) is 11.6 Å². The van der Waals surface area contributed by atoms with Gasteiger partial charge >= 0.3 is 6.03 Å². The van der Waals surface area contributed by atoms with Crippen molar-refractivity contribution in [3.8, 4) is 11.6 Å². The van der Waals surface area contributed by atoms with Crippen LogP contribution in [0.3, 0.4) is 0 Å². The zero-order valence-electron chi connectivity index (χ0n) is 18.7. The Balaban J connectivity index is 1.39. The fraction of sp³-hybridized carbons (Fsp3) is 0.440. The molecule has 0 spiro atoms. The Morgan fingerprint density at radius 1 is 1.25 bits per heavy atom. The number of piperidine rings is 1. The predicted octanol–water partition coefficient (Wildman–Crippen LogP) is 5.11. The molecule has 2 amide bonds. The van der Waals surface area contributed by atoms with E-state index in [4.69, 9.17) is 9.51 Å². The summed E-state index contributed by atoms with van der Waals surface area (Å²) in [6, 6.07) is 11.7. The van der Waals surface area contributed by atoms with E-state index < -0.39 is 0 Å². The number of rotatable bonds is 5. The first-order valence-corrected chi connectivity index (χ1v) is 11.4. The number of benzene rings is 1. The van der Waals surface area contributed by atoms with Crippen LogP contribution in [0.15, 0.2) is 47.1 Å². The van der Waals surface area contributed by atoms with Crippen LogP contribution in [0.1, 0.15) is 49.1 Å². The van der Waals surface area contributed by atoms with Gasteiger partial charge in [-0.2, -0.15) is 4.98 Å². The number of carbonyl (C=O) groups is 1. The molecule has 2 aromatic heterocycles. The van der Waals surface area contributed by atoms with Crippen LogP contribution in [0.5, 0.6) is 0 Å². The minimum atomic E-state index is -0.282.